The van der Waals surface area contributed by atoms with Crippen molar-refractivity contribution in [3.63, 3.8) is 0 Å². The molecule has 0 aromatic heterocycles. The second-order valence-electron chi connectivity index (χ2n) is 2.24. The summed E-state index contributed by atoms with van der Waals surface area (Å²) in [6, 6.07) is 0. The van der Waals surface area contributed by atoms with Crippen molar-refractivity contribution in [1.29, 1.82) is 0 Å². The zero-order chi connectivity index (χ0) is 5.11. The van der Waals surface area contributed by atoms with Gasteiger partial charge < -0.3 is 16.4 Å². The molecule has 1 aliphatic carbocycles. The van der Waals surface area contributed by atoms with Gasteiger partial charge in [-0.3, -0.25) is 0 Å². The van der Waals surface area contributed by atoms with Gasteiger partial charge in [0.15, 0.2) is 0 Å². The van der Waals surface area contributed by atoms with Gasteiger partial charge >= 0.3 is 55.7 Å². The van der Waals surface area contributed by atoms with Gasteiger partial charge in [0.25, 0.3) is 0 Å². The Bertz CT molecular complexity index is 55.0. The Kier molecular flexibility index (Phi) is 16.1. The summed E-state index contributed by atoms with van der Waals surface area (Å²) in [5, 5.41) is 0. The van der Waals surface area contributed by atoms with E-state index in [9.17, 15) is 0 Å². The molecule has 60 valence electrons. The van der Waals surface area contributed by atoms with E-state index >= 15 is 0 Å². The number of hydrogen-bond acceptors (Lipinski definition) is 0. The molecule has 0 spiro atoms. The molecule has 0 amide bonds. The Labute approximate surface area is 72.5 Å². The molecule has 0 radical (unpaired) electrons. The molecule has 10 heavy (non-hydrogen) atoms. The van der Waals surface area contributed by atoms with Crippen LogP contribution < -0.4 is 0 Å². The fraction of sp³-hybridized carbons (Fsp3) is 1.00. The molecule has 1 saturated carbocycles. The molecule has 0 aromatic carbocycles. The van der Waals surface area contributed by atoms with E-state index in [4.69, 9.17) is 0 Å². The Morgan fingerprint density at radius 2 is 1.20 bits per heavy atom. The summed E-state index contributed by atoms with van der Waals surface area (Å²) in [6.07, 6.45) is 7.52. The minimum atomic E-state index is 0. The minimum absolute atomic E-state index is 0. The quantitative estimate of drug-likeness (QED) is 0.654. The Morgan fingerprint density at radius 3 is 1.40 bits per heavy atom. The van der Waals surface area contributed by atoms with Crippen LogP contribution in [0.2, 0.25) is 4.39 Å². The van der Waals surface area contributed by atoms with Crippen LogP contribution in [0.15, 0.2) is 0 Å². The molecular weight excluding hydrogens is 306 g/mol. The summed E-state index contributed by atoms with van der Waals surface area (Å²) in [7, 11) is 0. The van der Waals surface area contributed by atoms with Crippen LogP contribution in [-0.4, -0.2) is 0 Å². The molecule has 0 atom stereocenters. The van der Waals surface area contributed by atoms with Crippen molar-refractivity contribution in [2.75, 3.05) is 0 Å². The third-order valence-corrected chi connectivity index (χ3v) is 3.10. The molecule has 0 aliphatic heterocycles. The van der Waals surface area contributed by atoms with Gasteiger partial charge in [-0.15, -0.1) is 0 Å². The fourth-order valence-corrected chi connectivity index (χ4v) is 2.16. The second-order valence-corrected chi connectivity index (χ2v) is 4.45. The van der Waals surface area contributed by atoms with Crippen molar-refractivity contribution in [3.8, 4) is 0 Å². The zero-order valence-corrected chi connectivity index (χ0v) is 8.43. The van der Waals surface area contributed by atoms with Crippen molar-refractivity contribution < 1.29 is 35.6 Å². The molecule has 0 heterocycles. The normalized spacial score (nSPS) is 17.8. The van der Waals surface area contributed by atoms with Crippen LogP contribution in [0.5, 0.6) is 0 Å². The fourth-order valence-electron chi connectivity index (χ4n) is 1.05. The summed E-state index contributed by atoms with van der Waals surface area (Å²) in [5.74, 6) is 0. The van der Waals surface area contributed by atoms with Gasteiger partial charge in [0.05, 0.1) is 0 Å². The van der Waals surface area contributed by atoms with Gasteiger partial charge in [-0.1, -0.05) is 0 Å². The maximum atomic E-state index is 2.00. The number of rotatable bonds is 0. The summed E-state index contributed by atoms with van der Waals surface area (Å²) < 4.78 is 1.09. The van der Waals surface area contributed by atoms with Crippen molar-refractivity contribution in [1.82, 2.24) is 0 Å². The van der Waals surface area contributed by atoms with E-state index in [0.29, 0.717) is 0 Å². The SMILES string of the molecule is [O-2].[O-2].[O-2].[Re+6][CH]1CCCCC1. The van der Waals surface area contributed by atoms with Crippen LogP contribution in [-0.2, 0) is 35.6 Å². The first kappa shape index (κ1) is 16.9. The molecule has 1 fully saturated rings. The van der Waals surface area contributed by atoms with Crippen molar-refractivity contribution in [2.24, 2.45) is 0 Å². The van der Waals surface area contributed by atoms with E-state index in [0.717, 1.165) is 4.39 Å². The van der Waals surface area contributed by atoms with Crippen LogP contribution in [0.4, 0.5) is 0 Å². The summed E-state index contributed by atoms with van der Waals surface area (Å²) in [5.41, 5.74) is 0. The van der Waals surface area contributed by atoms with Gasteiger partial charge in [-0.05, 0) is 0 Å². The van der Waals surface area contributed by atoms with Crippen molar-refractivity contribution in [3.05, 3.63) is 0 Å². The molecule has 0 aromatic rings. The Hall–Kier alpha value is 0.542. The molecule has 1 aliphatic rings. The van der Waals surface area contributed by atoms with Crippen LogP contribution in [0, 0.1) is 0 Å². The van der Waals surface area contributed by atoms with E-state index in [-0.39, 0.29) is 16.4 Å². The van der Waals surface area contributed by atoms with Crippen LogP contribution >= 0.6 is 0 Å². The van der Waals surface area contributed by atoms with Crippen LogP contribution in [0.3, 0.4) is 0 Å². The summed E-state index contributed by atoms with van der Waals surface area (Å²) in [6.45, 7) is 0. The van der Waals surface area contributed by atoms with Gasteiger partial charge in [-0.2, -0.15) is 0 Å². The summed E-state index contributed by atoms with van der Waals surface area (Å²) in [4.78, 5) is 0. The first-order chi connectivity index (χ1) is 3.39. The average molecular weight is 317 g/mol. The van der Waals surface area contributed by atoms with Gasteiger partial charge in [-0.25, -0.2) is 0 Å². The molecule has 4 heteroatoms. The molecule has 1 rings (SSSR count). The first-order valence-corrected chi connectivity index (χ1v) is 4.60. The molecule has 0 bridgehead atoms. The monoisotopic (exact) mass is 318 g/mol. The zero-order valence-electron chi connectivity index (χ0n) is 5.72. The third-order valence-electron chi connectivity index (χ3n) is 1.53. The Morgan fingerprint density at radius 1 is 0.800 bits per heavy atom. The first-order valence-electron chi connectivity index (χ1n) is 3.03. The van der Waals surface area contributed by atoms with E-state index in [1.807, 2.05) is 19.2 Å². The van der Waals surface area contributed by atoms with Crippen molar-refractivity contribution in [2.45, 2.75) is 36.5 Å². The van der Waals surface area contributed by atoms with E-state index < -0.39 is 0 Å². The molecule has 0 unspecified atom stereocenters. The van der Waals surface area contributed by atoms with Gasteiger partial charge in [0, 0.05) is 0 Å². The van der Waals surface area contributed by atoms with E-state index in [1.165, 1.54) is 32.1 Å². The Balaban J connectivity index is -0.000000163. The van der Waals surface area contributed by atoms with Gasteiger partial charge in [0.1, 0.15) is 0 Å². The predicted molar refractivity (Wildman–Crippen MR) is 28.9 cm³/mol. The van der Waals surface area contributed by atoms with E-state index in [2.05, 4.69) is 0 Å². The average Bonchev–Trinajstić information content (AvgIpc) is 1.69. The molecule has 0 saturated heterocycles. The van der Waals surface area contributed by atoms with Gasteiger partial charge in [0.2, 0.25) is 0 Å². The van der Waals surface area contributed by atoms with E-state index in [1.54, 1.807) is 0 Å². The van der Waals surface area contributed by atoms with Crippen molar-refractivity contribution >= 4 is 0 Å². The standard InChI is InChI=1S/C6H11.3O.Re/c1-2-4-6-5-3-1;;;;/h1H,2-6H2;;;;/q;3*-2;+6. The second kappa shape index (κ2) is 9.54. The third kappa shape index (κ3) is 6.66. The molecule has 0 N–H and O–H groups in total. The number of hydrogen-bond donors (Lipinski definition) is 0. The summed E-state index contributed by atoms with van der Waals surface area (Å²) >= 11 is 2.00. The molecular formula is C6H11O3Re. The predicted octanol–water partition coefficient (Wildman–Crippen LogP) is 1.93. The maximum absolute atomic E-state index is 2.00. The molecule has 3 nitrogen and oxygen atoms in total. The van der Waals surface area contributed by atoms with Crippen LogP contribution in [0.1, 0.15) is 32.1 Å². The topological polar surface area (TPSA) is 85.5 Å². The van der Waals surface area contributed by atoms with Crippen LogP contribution in [0.25, 0.3) is 0 Å².